The highest BCUT2D eigenvalue weighted by Crippen LogP contribution is 2.29. The molecule has 0 atom stereocenters. The number of benzene rings is 1. The minimum Gasteiger partial charge on any atom is -0.464 e. The summed E-state index contributed by atoms with van der Waals surface area (Å²) in [6.07, 6.45) is 1.89. The summed E-state index contributed by atoms with van der Waals surface area (Å²) in [4.78, 5) is 17.2. The van der Waals surface area contributed by atoms with Crippen LogP contribution in [0.2, 0.25) is 0 Å². The normalized spacial score (nSPS) is 11.1. The van der Waals surface area contributed by atoms with Crippen LogP contribution in [0.15, 0.2) is 48.7 Å². The van der Waals surface area contributed by atoms with Crippen LogP contribution in [0, 0.1) is 6.92 Å². The molecule has 3 heterocycles. The number of ether oxygens (including phenoxy) is 1. The van der Waals surface area contributed by atoms with Crippen molar-refractivity contribution in [2.24, 2.45) is 0 Å². The maximum atomic E-state index is 12.4. The van der Waals surface area contributed by atoms with Gasteiger partial charge in [-0.2, -0.15) is 10.2 Å². The van der Waals surface area contributed by atoms with E-state index in [0.29, 0.717) is 22.7 Å². The molecule has 0 aliphatic heterocycles. The number of nitrogens with zero attached hydrogens (tertiary/aromatic N) is 5. The van der Waals surface area contributed by atoms with Crippen molar-refractivity contribution in [3.8, 4) is 22.5 Å². The van der Waals surface area contributed by atoms with Crippen molar-refractivity contribution in [3.63, 3.8) is 0 Å². The molecule has 0 saturated heterocycles. The van der Waals surface area contributed by atoms with E-state index in [1.165, 1.54) is 7.11 Å². The van der Waals surface area contributed by atoms with Crippen LogP contribution in [0.1, 0.15) is 23.1 Å². The summed E-state index contributed by atoms with van der Waals surface area (Å²) in [6, 6.07) is 13.4. The number of fused-ring (bicyclic) bond motifs is 1. The van der Waals surface area contributed by atoms with E-state index >= 15 is 0 Å². The number of carbonyl (C=O) groups excluding carboxylic acids is 1. The van der Waals surface area contributed by atoms with Crippen LogP contribution in [0.25, 0.3) is 28.2 Å². The van der Waals surface area contributed by atoms with Gasteiger partial charge in [0.2, 0.25) is 0 Å². The SMILES string of the molecule is CCn1ccc(-c2cc(C(=O)OC)n3nc(C)c(-c4ccccc4)c3n2)n1. The predicted molar refractivity (Wildman–Crippen MR) is 101 cm³/mol. The van der Waals surface area contributed by atoms with Gasteiger partial charge in [0.25, 0.3) is 0 Å². The molecule has 0 saturated carbocycles. The molecular formula is C20H19N5O2. The first-order valence-corrected chi connectivity index (χ1v) is 8.70. The van der Waals surface area contributed by atoms with E-state index < -0.39 is 5.97 Å². The Labute approximate surface area is 156 Å². The summed E-state index contributed by atoms with van der Waals surface area (Å²) in [5, 5.41) is 9.06. The second-order valence-corrected chi connectivity index (χ2v) is 6.14. The Morgan fingerprint density at radius 2 is 1.89 bits per heavy atom. The van der Waals surface area contributed by atoms with Crippen molar-refractivity contribution in [2.45, 2.75) is 20.4 Å². The first-order chi connectivity index (χ1) is 13.1. The molecule has 3 aromatic heterocycles. The van der Waals surface area contributed by atoms with Gasteiger partial charge in [-0.25, -0.2) is 14.3 Å². The molecule has 0 fully saturated rings. The maximum absolute atomic E-state index is 12.4. The predicted octanol–water partition coefficient (Wildman–Crippen LogP) is 3.37. The van der Waals surface area contributed by atoms with Crippen molar-refractivity contribution in [1.82, 2.24) is 24.4 Å². The molecule has 0 N–H and O–H groups in total. The number of carbonyl (C=O) groups is 1. The summed E-state index contributed by atoms with van der Waals surface area (Å²) >= 11 is 0. The standard InChI is InChI=1S/C20H19N5O2/c1-4-24-11-10-15(23-24)16-12-17(20(26)27-3)25-19(21-16)18(13(2)22-25)14-8-6-5-7-9-14/h5-12H,4H2,1-3H3. The van der Waals surface area contributed by atoms with Gasteiger partial charge in [0.1, 0.15) is 5.69 Å². The topological polar surface area (TPSA) is 74.3 Å². The lowest BCUT2D eigenvalue weighted by Gasteiger charge is -2.06. The first kappa shape index (κ1) is 17.0. The van der Waals surface area contributed by atoms with E-state index in [2.05, 4.69) is 10.2 Å². The Kier molecular flexibility index (Phi) is 4.19. The minimum absolute atomic E-state index is 0.314. The number of hydrogen-bond acceptors (Lipinski definition) is 5. The zero-order chi connectivity index (χ0) is 19.0. The van der Waals surface area contributed by atoms with E-state index in [-0.39, 0.29) is 0 Å². The number of hydrogen-bond donors (Lipinski definition) is 0. The van der Waals surface area contributed by atoms with E-state index in [4.69, 9.17) is 9.72 Å². The molecule has 136 valence electrons. The number of aromatic nitrogens is 5. The minimum atomic E-state index is -0.472. The van der Waals surface area contributed by atoms with E-state index in [0.717, 1.165) is 23.4 Å². The van der Waals surface area contributed by atoms with Crippen molar-refractivity contribution in [3.05, 3.63) is 60.0 Å². The van der Waals surface area contributed by atoms with E-state index in [1.54, 1.807) is 10.6 Å². The molecule has 1 aromatic carbocycles. The highest BCUT2D eigenvalue weighted by Gasteiger charge is 2.21. The van der Waals surface area contributed by atoms with Gasteiger partial charge in [0, 0.05) is 18.3 Å². The van der Waals surface area contributed by atoms with Gasteiger partial charge in [0.05, 0.1) is 18.5 Å². The van der Waals surface area contributed by atoms with Crippen LogP contribution in [-0.4, -0.2) is 37.5 Å². The van der Waals surface area contributed by atoms with Crippen molar-refractivity contribution >= 4 is 11.6 Å². The Balaban J connectivity index is 2.02. The number of methoxy groups -OCH3 is 1. The van der Waals surface area contributed by atoms with Crippen LogP contribution in [-0.2, 0) is 11.3 Å². The lowest BCUT2D eigenvalue weighted by atomic mass is 10.1. The third-order valence-corrected chi connectivity index (χ3v) is 4.45. The van der Waals surface area contributed by atoms with Gasteiger partial charge in [0.15, 0.2) is 11.3 Å². The van der Waals surface area contributed by atoms with Crippen LogP contribution in [0.3, 0.4) is 0 Å². The lowest BCUT2D eigenvalue weighted by Crippen LogP contribution is -2.11. The Hall–Kier alpha value is -3.48. The average Bonchev–Trinajstić information content (AvgIpc) is 3.31. The summed E-state index contributed by atoms with van der Waals surface area (Å²) in [7, 11) is 1.36. The summed E-state index contributed by atoms with van der Waals surface area (Å²) in [5.74, 6) is -0.472. The Bertz CT molecular complexity index is 1130. The van der Waals surface area contributed by atoms with E-state index in [9.17, 15) is 4.79 Å². The molecule has 4 aromatic rings. The second-order valence-electron chi connectivity index (χ2n) is 6.14. The number of esters is 1. The van der Waals surface area contributed by atoms with Crippen LogP contribution >= 0.6 is 0 Å². The third kappa shape index (κ3) is 2.87. The molecule has 27 heavy (non-hydrogen) atoms. The molecular weight excluding hydrogens is 342 g/mol. The fourth-order valence-electron chi connectivity index (χ4n) is 3.12. The summed E-state index contributed by atoms with van der Waals surface area (Å²) in [5.41, 5.74) is 4.88. The van der Waals surface area contributed by atoms with Crippen LogP contribution < -0.4 is 0 Å². The first-order valence-electron chi connectivity index (χ1n) is 8.70. The zero-order valence-corrected chi connectivity index (χ0v) is 15.4. The van der Waals surface area contributed by atoms with Crippen LogP contribution in [0.5, 0.6) is 0 Å². The Morgan fingerprint density at radius 1 is 1.11 bits per heavy atom. The molecule has 0 bridgehead atoms. The van der Waals surface area contributed by atoms with Gasteiger partial charge in [-0.1, -0.05) is 30.3 Å². The molecule has 0 spiro atoms. The monoisotopic (exact) mass is 361 g/mol. The largest absolute Gasteiger partial charge is 0.464 e. The molecule has 0 aliphatic rings. The number of rotatable bonds is 4. The molecule has 7 heteroatoms. The van der Waals surface area contributed by atoms with Gasteiger partial charge < -0.3 is 4.74 Å². The zero-order valence-electron chi connectivity index (χ0n) is 15.4. The fraction of sp³-hybridized carbons (Fsp3) is 0.200. The molecule has 4 rings (SSSR count). The Morgan fingerprint density at radius 3 is 2.56 bits per heavy atom. The quantitative estimate of drug-likeness (QED) is 0.521. The second kappa shape index (κ2) is 6.68. The van der Waals surface area contributed by atoms with Crippen molar-refractivity contribution < 1.29 is 9.53 Å². The number of aryl methyl sites for hydroxylation is 2. The third-order valence-electron chi connectivity index (χ3n) is 4.45. The molecule has 0 radical (unpaired) electrons. The highest BCUT2D eigenvalue weighted by molar-refractivity contribution is 5.91. The molecule has 0 aliphatic carbocycles. The molecule has 0 amide bonds. The summed E-state index contributed by atoms with van der Waals surface area (Å²) < 4.78 is 8.33. The smallest absolute Gasteiger partial charge is 0.356 e. The summed E-state index contributed by atoms with van der Waals surface area (Å²) in [6.45, 7) is 4.68. The van der Waals surface area contributed by atoms with Crippen LogP contribution in [0.4, 0.5) is 0 Å². The highest BCUT2D eigenvalue weighted by atomic mass is 16.5. The molecule has 0 unspecified atom stereocenters. The molecule has 7 nitrogen and oxygen atoms in total. The fourth-order valence-corrected chi connectivity index (χ4v) is 3.12. The van der Waals surface area contributed by atoms with Crippen molar-refractivity contribution in [1.29, 1.82) is 0 Å². The van der Waals surface area contributed by atoms with Gasteiger partial charge in [-0.3, -0.25) is 4.68 Å². The van der Waals surface area contributed by atoms with Gasteiger partial charge >= 0.3 is 5.97 Å². The average molecular weight is 361 g/mol. The van der Waals surface area contributed by atoms with E-state index in [1.807, 2.05) is 61.1 Å². The maximum Gasteiger partial charge on any atom is 0.356 e. The van der Waals surface area contributed by atoms with Crippen molar-refractivity contribution in [2.75, 3.05) is 7.11 Å². The van der Waals surface area contributed by atoms with Gasteiger partial charge in [-0.15, -0.1) is 0 Å². The van der Waals surface area contributed by atoms with Gasteiger partial charge in [-0.05, 0) is 31.5 Å². The lowest BCUT2D eigenvalue weighted by molar-refractivity contribution is 0.0590.